The first-order valence-electron chi connectivity index (χ1n) is 4.37. The number of ketones is 1. The zero-order valence-electron chi connectivity index (χ0n) is 7.79. The van der Waals surface area contributed by atoms with E-state index in [4.69, 9.17) is 4.74 Å². The average molecular weight is 180 g/mol. The van der Waals surface area contributed by atoms with E-state index in [1.165, 1.54) is 0 Å². The van der Waals surface area contributed by atoms with Gasteiger partial charge in [0.2, 0.25) is 0 Å². The van der Waals surface area contributed by atoms with Crippen LogP contribution in [0, 0.1) is 11.3 Å². The molecule has 0 aromatic rings. The second kappa shape index (κ2) is 2.22. The van der Waals surface area contributed by atoms with Crippen LogP contribution < -0.4 is 0 Å². The van der Waals surface area contributed by atoms with Crippen LogP contribution in [-0.2, 0) is 14.3 Å². The van der Waals surface area contributed by atoms with E-state index in [-0.39, 0.29) is 23.3 Å². The highest BCUT2D eigenvalue weighted by Crippen LogP contribution is 2.49. The number of carbonyl (C=O) groups excluding carboxylic acids is 2. The van der Waals surface area contributed by atoms with Crippen LogP contribution in [0.25, 0.3) is 0 Å². The van der Waals surface area contributed by atoms with E-state index in [9.17, 15) is 9.59 Å². The second-order valence-electron chi connectivity index (χ2n) is 4.33. The van der Waals surface area contributed by atoms with Gasteiger partial charge in [0.25, 0.3) is 0 Å². The molecular formula is C10H12O3. The van der Waals surface area contributed by atoms with Gasteiger partial charge in [0.15, 0.2) is 5.78 Å². The molecule has 0 aromatic heterocycles. The van der Waals surface area contributed by atoms with Crippen molar-refractivity contribution in [3.05, 3.63) is 12.2 Å². The number of esters is 1. The molecule has 3 heteroatoms. The molecule has 0 unspecified atom stereocenters. The van der Waals surface area contributed by atoms with Gasteiger partial charge in [-0.2, -0.15) is 0 Å². The van der Waals surface area contributed by atoms with Gasteiger partial charge in [0.1, 0.15) is 6.10 Å². The van der Waals surface area contributed by atoms with Gasteiger partial charge in [0.05, 0.1) is 5.92 Å². The van der Waals surface area contributed by atoms with Crippen molar-refractivity contribution in [2.75, 3.05) is 0 Å². The minimum atomic E-state index is -0.418. The molecule has 2 aliphatic rings. The molecule has 3 nitrogen and oxygen atoms in total. The fourth-order valence-corrected chi connectivity index (χ4v) is 2.21. The van der Waals surface area contributed by atoms with Crippen LogP contribution in [0.2, 0.25) is 0 Å². The van der Waals surface area contributed by atoms with Crippen molar-refractivity contribution >= 4 is 11.8 Å². The molecule has 1 saturated heterocycles. The standard InChI is InChI=1S/C10H12O3/c1-5-6(11)4-7-10(2,3)8(5)9(12)13-7/h7-8H,1,4H2,2-3H3/t7-,8-/m0/s1. The highest BCUT2D eigenvalue weighted by Gasteiger charge is 2.57. The van der Waals surface area contributed by atoms with Crippen LogP contribution in [0.4, 0.5) is 0 Å². The number of ether oxygens (including phenoxy) is 1. The zero-order valence-corrected chi connectivity index (χ0v) is 7.79. The van der Waals surface area contributed by atoms with Gasteiger partial charge in [-0.3, -0.25) is 9.59 Å². The van der Waals surface area contributed by atoms with Crippen LogP contribution in [-0.4, -0.2) is 17.9 Å². The lowest BCUT2D eigenvalue weighted by atomic mass is 9.67. The highest BCUT2D eigenvalue weighted by atomic mass is 16.6. The molecule has 0 amide bonds. The first-order valence-corrected chi connectivity index (χ1v) is 4.37. The van der Waals surface area contributed by atoms with Crippen LogP contribution in [0.3, 0.4) is 0 Å². The second-order valence-corrected chi connectivity index (χ2v) is 4.33. The summed E-state index contributed by atoms with van der Waals surface area (Å²) in [5.41, 5.74) is 0.158. The summed E-state index contributed by atoms with van der Waals surface area (Å²) in [4.78, 5) is 22.7. The fourth-order valence-electron chi connectivity index (χ4n) is 2.21. The number of hydrogen-bond donors (Lipinski definition) is 0. The van der Waals surface area contributed by atoms with Gasteiger partial charge in [-0.25, -0.2) is 0 Å². The molecule has 2 rings (SSSR count). The molecule has 1 aliphatic carbocycles. The number of Topliss-reactive ketones (excluding diaryl/α,β-unsaturated/α-hetero) is 1. The predicted molar refractivity (Wildman–Crippen MR) is 45.9 cm³/mol. The normalized spacial score (nSPS) is 36.3. The number of carbonyl (C=O) groups is 2. The maximum absolute atomic E-state index is 11.4. The molecule has 0 aromatic carbocycles. The summed E-state index contributed by atoms with van der Waals surface area (Å²) in [5.74, 6) is -0.732. The van der Waals surface area contributed by atoms with Gasteiger partial charge < -0.3 is 4.74 Å². The Labute approximate surface area is 76.8 Å². The van der Waals surface area contributed by atoms with E-state index in [0.717, 1.165) is 0 Å². The monoisotopic (exact) mass is 180 g/mol. The smallest absolute Gasteiger partial charge is 0.314 e. The lowest BCUT2D eigenvalue weighted by molar-refractivity contribution is -0.142. The molecule has 2 atom stereocenters. The molecule has 0 radical (unpaired) electrons. The lowest BCUT2D eigenvalue weighted by Crippen LogP contribution is -2.39. The summed E-state index contributed by atoms with van der Waals surface area (Å²) in [5, 5.41) is 0. The van der Waals surface area contributed by atoms with E-state index in [1.54, 1.807) is 0 Å². The Morgan fingerprint density at radius 2 is 2.08 bits per heavy atom. The van der Waals surface area contributed by atoms with Crippen molar-refractivity contribution in [1.29, 1.82) is 0 Å². The van der Waals surface area contributed by atoms with E-state index in [0.29, 0.717) is 12.0 Å². The third kappa shape index (κ3) is 0.900. The van der Waals surface area contributed by atoms with E-state index in [1.807, 2.05) is 13.8 Å². The molecular weight excluding hydrogens is 168 g/mol. The zero-order chi connectivity index (χ0) is 9.80. The Bertz CT molecular complexity index is 314. The molecule has 0 spiro atoms. The summed E-state index contributed by atoms with van der Waals surface area (Å²) in [7, 11) is 0. The molecule has 2 fully saturated rings. The molecule has 1 heterocycles. The minimum Gasteiger partial charge on any atom is -0.461 e. The van der Waals surface area contributed by atoms with Crippen molar-refractivity contribution in [3.63, 3.8) is 0 Å². The summed E-state index contributed by atoms with van der Waals surface area (Å²) in [6.07, 6.45) is 0.0525. The predicted octanol–water partition coefficient (Wildman–Crippen LogP) is 1.08. The van der Waals surface area contributed by atoms with Crippen molar-refractivity contribution in [1.82, 2.24) is 0 Å². The van der Waals surface area contributed by atoms with Crippen LogP contribution in [0.5, 0.6) is 0 Å². The van der Waals surface area contributed by atoms with E-state index < -0.39 is 5.92 Å². The van der Waals surface area contributed by atoms with Gasteiger partial charge >= 0.3 is 5.97 Å². The number of fused-ring (bicyclic) bond motifs is 2. The quantitative estimate of drug-likeness (QED) is 0.414. The van der Waals surface area contributed by atoms with Crippen molar-refractivity contribution in [3.8, 4) is 0 Å². The topological polar surface area (TPSA) is 43.4 Å². The fraction of sp³-hybridized carbons (Fsp3) is 0.600. The summed E-state index contributed by atoms with van der Waals surface area (Å²) in [6, 6.07) is 0. The Hall–Kier alpha value is -1.12. The minimum absolute atomic E-state index is 0.0276. The molecule has 2 bridgehead atoms. The van der Waals surface area contributed by atoms with Gasteiger partial charge in [-0.15, -0.1) is 0 Å². The molecule has 0 N–H and O–H groups in total. The Kier molecular flexibility index (Phi) is 1.45. The van der Waals surface area contributed by atoms with Crippen LogP contribution in [0.15, 0.2) is 12.2 Å². The molecule has 70 valence electrons. The summed E-state index contributed by atoms with van der Waals surface area (Å²) < 4.78 is 5.12. The Balaban J connectivity index is 2.48. The SMILES string of the molecule is C=C1C(=O)C[C@@H]2OC(=O)[C@H]1C2(C)C. The third-order valence-corrected chi connectivity index (χ3v) is 3.15. The van der Waals surface area contributed by atoms with Gasteiger partial charge in [-0.05, 0) is 0 Å². The van der Waals surface area contributed by atoms with Crippen molar-refractivity contribution < 1.29 is 14.3 Å². The van der Waals surface area contributed by atoms with E-state index >= 15 is 0 Å². The van der Waals surface area contributed by atoms with Gasteiger partial charge in [0, 0.05) is 17.4 Å². The molecule has 1 saturated carbocycles. The van der Waals surface area contributed by atoms with Crippen LogP contribution in [0.1, 0.15) is 20.3 Å². The summed E-state index contributed by atoms with van der Waals surface area (Å²) >= 11 is 0. The largest absolute Gasteiger partial charge is 0.461 e. The maximum atomic E-state index is 11.4. The van der Waals surface area contributed by atoms with Crippen LogP contribution >= 0.6 is 0 Å². The Morgan fingerprint density at radius 1 is 1.46 bits per heavy atom. The number of rotatable bonds is 0. The molecule has 13 heavy (non-hydrogen) atoms. The first-order chi connectivity index (χ1) is 5.94. The van der Waals surface area contributed by atoms with E-state index in [2.05, 4.69) is 6.58 Å². The maximum Gasteiger partial charge on any atom is 0.314 e. The first kappa shape index (κ1) is 8.48. The lowest BCUT2D eigenvalue weighted by Gasteiger charge is -2.33. The van der Waals surface area contributed by atoms with Gasteiger partial charge in [-0.1, -0.05) is 20.4 Å². The van der Waals surface area contributed by atoms with Crippen molar-refractivity contribution in [2.24, 2.45) is 11.3 Å². The Morgan fingerprint density at radius 3 is 2.69 bits per heavy atom. The molecule has 1 aliphatic heterocycles. The average Bonchev–Trinajstić information content (AvgIpc) is 2.11. The highest BCUT2D eigenvalue weighted by molar-refractivity contribution is 6.03. The number of hydrogen-bond acceptors (Lipinski definition) is 3. The van der Waals surface area contributed by atoms with Crippen molar-refractivity contribution in [2.45, 2.75) is 26.4 Å². The summed E-state index contributed by atoms with van der Waals surface area (Å²) in [6.45, 7) is 7.57. The third-order valence-electron chi connectivity index (χ3n) is 3.15.